The molecule has 20 heavy (non-hydrogen) atoms. The topological polar surface area (TPSA) is 89.1 Å². The molecule has 106 valence electrons. The molecule has 0 aliphatic rings. The summed E-state index contributed by atoms with van der Waals surface area (Å²) in [6, 6.07) is 7.06. The zero-order valence-corrected chi connectivity index (χ0v) is 11.3. The molecule has 2 rings (SSSR count). The SMILES string of the molecule is CCCOc1ccc(C(=O)Nc2nc(OC)n[nH]2)cc1. The van der Waals surface area contributed by atoms with Gasteiger partial charge >= 0.3 is 6.01 Å². The van der Waals surface area contributed by atoms with Crippen LogP contribution in [-0.4, -0.2) is 34.8 Å². The van der Waals surface area contributed by atoms with E-state index in [2.05, 4.69) is 20.5 Å². The molecule has 0 unspecified atom stereocenters. The third kappa shape index (κ3) is 3.47. The van der Waals surface area contributed by atoms with Crippen molar-refractivity contribution >= 4 is 11.9 Å². The Labute approximate surface area is 116 Å². The number of nitrogens with one attached hydrogen (secondary N) is 2. The molecular weight excluding hydrogens is 260 g/mol. The lowest BCUT2D eigenvalue weighted by atomic mass is 10.2. The predicted molar refractivity (Wildman–Crippen MR) is 73.1 cm³/mol. The van der Waals surface area contributed by atoms with Gasteiger partial charge in [-0.3, -0.25) is 10.1 Å². The van der Waals surface area contributed by atoms with E-state index in [4.69, 9.17) is 9.47 Å². The first-order valence-electron chi connectivity index (χ1n) is 6.23. The number of carbonyl (C=O) groups is 1. The number of ether oxygens (including phenoxy) is 2. The molecule has 1 heterocycles. The van der Waals surface area contributed by atoms with Gasteiger partial charge in [0.15, 0.2) is 0 Å². The molecule has 0 bridgehead atoms. The maximum absolute atomic E-state index is 12.0. The lowest BCUT2D eigenvalue weighted by molar-refractivity contribution is 0.102. The number of hydrogen-bond acceptors (Lipinski definition) is 5. The average molecular weight is 276 g/mol. The molecule has 0 saturated carbocycles. The molecule has 1 aromatic heterocycles. The van der Waals surface area contributed by atoms with E-state index in [1.165, 1.54) is 7.11 Å². The molecule has 0 saturated heterocycles. The highest BCUT2D eigenvalue weighted by atomic mass is 16.5. The number of carbonyl (C=O) groups excluding carboxylic acids is 1. The van der Waals surface area contributed by atoms with Gasteiger partial charge in [0.05, 0.1) is 13.7 Å². The van der Waals surface area contributed by atoms with E-state index >= 15 is 0 Å². The van der Waals surface area contributed by atoms with E-state index in [0.717, 1.165) is 12.2 Å². The van der Waals surface area contributed by atoms with Crippen LogP contribution in [0.4, 0.5) is 5.95 Å². The molecule has 1 amide bonds. The highest BCUT2D eigenvalue weighted by Gasteiger charge is 2.09. The van der Waals surface area contributed by atoms with Crippen LogP contribution < -0.4 is 14.8 Å². The number of aromatic nitrogens is 3. The Kier molecular flexibility index (Phi) is 4.54. The average Bonchev–Trinajstić information content (AvgIpc) is 2.93. The predicted octanol–water partition coefficient (Wildman–Crippen LogP) is 1.85. The van der Waals surface area contributed by atoms with Crippen LogP contribution in [0.5, 0.6) is 11.8 Å². The Bertz CT molecular complexity index is 565. The fourth-order valence-corrected chi connectivity index (χ4v) is 1.50. The Hall–Kier alpha value is -2.57. The second-order valence-corrected chi connectivity index (χ2v) is 4.00. The normalized spacial score (nSPS) is 10.1. The molecule has 0 aliphatic carbocycles. The molecule has 0 aliphatic heterocycles. The summed E-state index contributed by atoms with van der Waals surface area (Å²) in [6.45, 7) is 2.69. The van der Waals surface area contributed by atoms with Crippen LogP contribution in [0.25, 0.3) is 0 Å². The second kappa shape index (κ2) is 6.55. The first-order chi connectivity index (χ1) is 9.72. The summed E-state index contributed by atoms with van der Waals surface area (Å²) in [5, 5.41) is 8.88. The Morgan fingerprint density at radius 2 is 2.10 bits per heavy atom. The van der Waals surface area contributed by atoms with Crippen LogP contribution in [-0.2, 0) is 0 Å². The summed E-state index contributed by atoms with van der Waals surface area (Å²) < 4.78 is 10.3. The van der Waals surface area contributed by atoms with Crippen molar-refractivity contribution in [1.82, 2.24) is 15.2 Å². The maximum Gasteiger partial charge on any atom is 0.336 e. The number of benzene rings is 1. The monoisotopic (exact) mass is 276 g/mol. The zero-order chi connectivity index (χ0) is 14.4. The first kappa shape index (κ1) is 13.9. The Morgan fingerprint density at radius 3 is 2.70 bits per heavy atom. The number of methoxy groups -OCH3 is 1. The minimum absolute atomic E-state index is 0.170. The van der Waals surface area contributed by atoms with E-state index in [9.17, 15) is 4.79 Å². The lowest BCUT2D eigenvalue weighted by Gasteiger charge is -2.05. The van der Waals surface area contributed by atoms with Crippen molar-refractivity contribution in [3.8, 4) is 11.8 Å². The lowest BCUT2D eigenvalue weighted by Crippen LogP contribution is -2.12. The van der Waals surface area contributed by atoms with Crippen LogP contribution in [0, 0.1) is 0 Å². The molecule has 0 spiro atoms. The molecule has 2 aromatic rings. The maximum atomic E-state index is 12.0. The minimum Gasteiger partial charge on any atom is -0.494 e. The molecule has 7 heteroatoms. The van der Waals surface area contributed by atoms with E-state index in [1.807, 2.05) is 6.92 Å². The van der Waals surface area contributed by atoms with Gasteiger partial charge in [-0.2, -0.15) is 4.98 Å². The van der Waals surface area contributed by atoms with Crippen LogP contribution in [0.15, 0.2) is 24.3 Å². The second-order valence-electron chi connectivity index (χ2n) is 4.00. The molecule has 2 N–H and O–H groups in total. The van der Waals surface area contributed by atoms with E-state index in [0.29, 0.717) is 12.2 Å². The Balaban J connectivity index is 1.98. The summed E-state index contributed by atoms with van der Waals surface area (Å²) in [5.41, 5.74) is 0.504. The standard InChI is InChI=1S/C13H16N4O3/c1-3-8-20-10-6-4-9(5-7-10)11(18)14-12-15-13(19-2)17-16-12/h4-7H,3,8H2,1-2H3,(H2,14,15,16,17,18). The van der Waals surface area contributed by atoms with Gasteiger partial charge in [-0.25, -0.2) is 5.10 Å². The van der Waals surface area contributed by atoms with Gasteiger partial charge < -0.3 is 9.47 Å². The number of H-pyrrole nitrogens is 1. The number of nitrogens with zero attached hydrogens (tertiary/aromatic N) is 2. The summed E-state index contributed by atoms with van der Waals surface area (Å²) >= 11 is 0. The van der Waals surface area contributed by atoms with Crippen molar-refractivity contribution in [2.75, 3.05) is 19.0 Å². The van der Waals surface area contributed by atoms with Gasteiger partial charge in [0.25, 0.3) is 5.91 Å². The van der Waals surface area contributed by atoms with E-state index < -0.39 is 0 Å². The van der Waals surface area contributed by atoms with Gasteiger partial charge in [-0.05, 0) is 30.7 Å². The van der Waals surface area contributed by atoms with Crippen molar-refractivity contribution in [1.29, 1.82) is 0 Å². The first-order valence-corrected chi connectivity index (χ1v) is 6.23. The molecule has 7 nitrogen and oxygen atoms in total. The summed E-state index contributed by atoms with van der Waals surface area (Å²) in [6.07, 6.45) is 0.940. The molecule has 0 radical (unpaired) electrons. The Morgan fingerprint density at radius 1 is 1.35 bits per heavy atom. The molecule has 1 aromatic carbocycles. The van der Waals surface area contributed by atoms with E-state index in [1.54, 1.807) is 24.3 Å². The molecule has 0 fully saturated rings. The minimum atomic E-state index is -0.286. The van der Waals surface area contributed by atoms with Gasteiger partial charge in [0, 0.05) is 5.56 Å². The van der Waals surface area contributed by atoms with Crippen molar-refractivity contribution in [3.05, 3.63) is 29.8 Å². The van der Waals surface area contributed by atoms with Crippen molar-refractivity contribution in [2.24, 2.45) is 0 Å². The summed E-state index contributed by atoms with van der Waals surface area (Å²) in [7, 11) is 1.45. The van der Waals surface area contributed by atoms with Crippen molar-refractivity contribution in [3.63, 3.8) is 0 Å². The number of hydrogen-bond donors (Lipinski definition) is 2. The fraction of sp³-hybridized carbons (Fsp3) is 0.308. The quantitative estimate of drug-likeness (QED) is 0.840. The van der Waals surface area contributed by atoms with Crippen LogP contribution in [0.1, 0.15) is 23.7 Å². The third-order valence-corrected chi connectivity index (χ3v) is 2.47. The summed E-state index contributed by atoms with van der Waals surface area (Å²) in [4.78, 5) is 15.9. The number of rotatable bonds is 6. The molecular formula is C13H16N4O3. The van der Waals surface area contributed by atoms with Gasteiger partial charge in [0.1, 0.15) is 5.75 Å². The summed E-state index contributed by atoms with van der Waals surface area (Å²) in [5.74, 6) is 0.689. The number of anilines is 1. The highest BCUT2D eigenvalue weighted by Crippen LogP contribution is 2.14. The van der Waals surface area contributed by atoms with E-state index in [-0.39, 0.29) is 17.9 Å². The van der Waals surface area contributed by atoms with Crippen LogP contribution in [0.2, 0.25) is 0 Å². The van der Waals surface area contributed by atoms with Gasteiger partial charge in [-0.15, -0.1) is 5.10 Å². The fourth-order valence-electron chi connectivity index (χ4n) is 1.50. The van der Waals surface area contributed by atoms with Crippen molar-refractivity contribution in [2.45, 2.75) is 13.3 Å². The third-order valence-electron chi connectivity index (χ3n) is 2.47. The smallest absolute Gasteiger partial charge is 0.336 e. The van der Waals surface area contributed by atoms with Crippen molar-refractivity contribution < 1.29 is 14.3 Å². The zero-order valence-electron chi connectivity index (χ0n) is 11.3. The van der Waals surface area contributed by atoms with Crippen LogP contribution >= 0.6 is 0 Å². The number of amides is 1. The van der Waals surface area contributed by atoms with Gasteiger partial charge in [0.2, 0.25) is 5.95 Å². The van der Waals surface area contributed by atoms with Gasteiger partial charge in [-0.1, -0.05) is 6.92 Å². The number of aromatic amines is 1. The highest BCUT2D eigenvalue weighted by molar-refractivity contribution is 6.03. The van der Waals surface area contributed by atoms with Crippen LogP contribution in [0.3, 0.4) is 0 Å². The molecule has 0 atom stereocenters. The largest absolute Gasteiger partial charge is 0.494 e.